The van der Waals surface area contributed by atoms with Gasteiger partial charge in [-0.15, -0.1) is 0 Å². The van der Waals surface area contributed by atoms with Crippen molar-refractivity contribution in [2.75, 3.05) is 18.5 Å². The van der Waals surface area contributed by atoms with Crippen LogP contribution in [0, 0.1) is 5.82 Å². The molecule has 2 atom stereocenters. The Hall–Kier alpha value is -3.15. The monoisotopic (exact) mass is 475 g/mol. The minimum atomic E-state index is -0.560. The number of halogens is 1. The predicted octanol–water partition coefficient (Wildman–Crippen LogP) is 6.87. The largest absolute Gasteiger partial charge is 0.485 e. The molecule has 5 heteroatoms. The molecule has 3 aromatic carbocycles. The smallest absolute Gasteiger partial charge is 0.132 e. The maximum Gasteiger partial charge on any atom is 0.132 e. The summed E-state index contributed by atoms with van der Waals surface area (Å²) < 4.78 is 32.5. The minimum absolute atomic E-state index is 0.234. The average molecular weight is 476 g/mol. The Balaban J connectivity index is 1.56. The van der Waals surface area contributed by atoms with E-state index in [1.807, 2.05) is 63.3 Å². The number of hydrogen-bond acceptors (Lipinski definition) is 4. The van der Waals surface area contributed by atoms with Crippen LogP contribution in [0.2, 0.25) is 0 Å². The average Bonchev–Trinajstić information content (AvgIpc) is 2.85. The summed E-state index contributed by atoms with van der Waals surface area (Å²) in [4.78, 5) is 0. The van der Waals surface area contributed by atoms with Crippen LogP contribution < -0.4 is 10.1 Å². The van der Waals surface area contributed by atoms with Gasteiger partial charge >= 0.3 is 0 Å². The molecule has 0 bridgehead atoms. The fraction of sp³-hybridized carbons (Fsp3) is 0.333. The van der Waals surface area contributed by atoms with Gasteiger partial charge in [0.25, 0.3) is 0 Å². The van der Waals surface area contributed by atoms with Gasteiger partial charge in [0.05, 0.1) is 13.2 Å². The highest BCUT2D eigenvalue weighted by atomic mass is 19.1. The van der Waals surface area contributed by atoms with Crippen molar-refractivity contribution in [3.63, 3.8) is 0 Å². The molecular formula is C30H34FNO3. The molecule has 184 valence electrons. The van der Waals surface area contributed by atoms with E-state index in [0.717, 1.165) is 29.0 Å². The third kappa shape index (κ3) is 6.50. The van der Waals surface area contributed by atoms with Crippen molar-refractivity contribution in [2.45, 2.75) is 51.5 Å². The molecule has 4 rings (SSSR count). The van der Waals surface area contributed by atoms with Crippen molar-refractivity contribution < 1.29 is 18.6 Å². The molecule has 0 amide bonds. The van der Waals surface area contributed by atoms with E-state index < -0.39 is 5.60 Å². The number of anilines is 1. The van der Waals surface area contributed by atoms with Crippen molar-refractivity contribution in [1.29, 1.82) is 0 Å². The van der Waals surface area contributed by atoms with Gasteiger partial charge in [-0.3, -0.25) is 0 Å². The number of rotatable bonds is 10. The van der Waals surface area contributed by atoms with Crippen LogP contribution in [-0.2, 0) is 22.4 Å². The van der Waals surface area contributed by atoms with Gasteiger partial charge in [-0.25, -0.2) is 4.39 Å². The Morgan fingerprint density at radius 3 is 2.49 bits per heavy atom. The molecule has 0 aromatic heterocycles. The van der Waals surface area contributed by atoms with E-state index in [1.165, 1.54) is 17.7 Å². The summed E-state index contributed by atoms with van der Waals surface area (Å²) in [5.74, 6) is 0.569. The zero-order valence-electron chi connectivity index (χ0n) is 20.7. The molecule has 1 aliphatic heterocycles. The molecule has 0 radical (unpaired) electrons. The number of fused-ring (bicyclic) bond motifs is 1. The van der Waals surface area contributed by atoms with Gasteiger partial charge in [-0.2, -0.15) is 0 Å². The standard InChI is InChI=1S/C30H34FNO3/c1-4-5-18-34-29-28(33-19-17-22-9-7-6-8-10-22)26-20-25(15-16-27(26)35-30(29,2)3)32-21-23-11-13-24(31)14-12-23/h4-16,20,28-29,32H,17-19,21H2,1-3H3/b5-4+. The van der Waals surface area contributed by atoms with Crippen LogP contribution in [0.4, 0.5) is 10.1 Å². The van der Waals surface area contributed by atoms with Gasteiger partial charge in [0, 0.05) is 17.8 Å². The fourth-order valence-electron chi connectivity index (χ4n) is 4.32. The topological polar surface area (TPSA) is 39.7 Å². The van der Waals surface area contributed by atoms with Crippen LogP contribution in [-0.4, -0.2) is 24.9 Å². The van der Waals surface area contributed by atoms with Gasteiger partial charge in [-0.05, 0) is 68.7 Å². The van der Waals surface area contributed by atoms with E-state index in [0.29, 0.717) is 19.8 Å². The molecule has 0 spiro atoms. The zero-order valence-corrected chi connectivity index (χ0v) is 20.7. The second-order valence-electron chi connectivity index (χ2n) is 9.29. The van der Waals surface area contributed by atoms with Crippen LogP contribution in [0.3, 0.4) is 0 Å². The van der Waals surface area contributed by atoms with E-state index in [1.54, 1.807) is 12.1 Å². The van der Waals surface area contributed by atoms with E-state index in [4.69, 9.17) is 14.2 Å². The lowest BCUT2D eigenvalue weighted by Gasteiger charge is -2.44. The normalized spacial score (nSPS) is 18.7. The Morgan fingerprint density at radius 2 is 1.74 bits per heavy atom. The summed E-state index contributed by atoms with van der Waals surface area (Å²) in [6.07, 6.45) is 4.23. The van der Waals surface area contributed by atoms with Gasteiger partial charge in [0.1, 0.15) is 29.4 Å². The van der Waals surface area contributed by atoms with Crippen molar-refractivity contribution in [1.82, 2.24) is 0 Å². The van der Waals surface area contributed by atoms with E-state index in [9.17, 15) is 4.39 Å². The molecular weight excluding hydrogens is 441 g/mol. The van der Waals surface area contributed by atoms with Gasteiger partial charge in [-0.1, -0.05) is 54.6 Å². The van der Waals surface area contributed by atoms with Crippen molar-refractivity contribution in [3.05, 3.63) is 107 Å². The first kappa shape index (κ1) is 25.0. The van der Waals surface area contributed by atoms with Crippen LogP contribution >= 0.6 is 0 Å². The molecule has 1 N–H and O–H groups in total. The van der Waals surface area contributed by atoms with E-state index >= 15 is 0 Å². The molecule has 1 heterocycles. The summed E-state index contributed by atoms with van der Waals surface area (Å²) in [6, 6.07) is 22.9. The van der Waals surface area contributed by atoms with Crippen LogP contribution in [0.25, 0.3) is 0 Å². The molecule has 0 saturated heterocycles. The van der Waals surface area contributed by atoms with Crippen LogP contribution in [0.15, 0.2) is 84.9 Å². The molecule has 0 aliphatic carbocycles. The molecule has 0 saturated carbocycles. The number of nitrogens with one attached hydrogen (secondary N) is 1. The van der Waals surface area contributed by atoms with Gasteiger partial charge < -0.3 is 19.5 Å². The molecule has 35 heavy (non-hydrogen) atoms. The summed E-state index contributed by atoms with van der Waals surface area (Å²) in [7, 11) is 0. The second-order valence-corrected chi connectivity index (χ2v) is 9.29. The Morgan fingerprint density at radius 1 is 0.971 bits per heavy atom. The third-order valence-electron chi connectivity index (χ3n) is 6.20. The number of benzene rings is 3. The lowest BCUT2D eigenvalue weighted by molar-refractivity contribution is -0.157. The fourth-order valence-corrected chi connectivity index (χ4v) is 4.32. The SMILES string of the molecule is C/C=C/COC1C(OCCc2ccccc2)c2cc(NCc3ccc(F)cc3)ccc2OC1(C)C. The highest BCUT2D eigenvalue weighted by molar-refractivity contribution is 5.54. The number of ether oxygens (including phenoxy) is 3. The first-order chi connectivity index (χ1) is 17.0. The van der Waals surface area contributed by atoms with Gasteiger partial charge in [0.15, 0.2) is 0 Å². The summed E-state index contributed by atoms with van der Waals surface area (Å²) in [6.45, 7) is 7.72. The molecule has 1 aliphatic rings. The van der Waals surface area contributed by atoms with E-state index in [2.05, 4.69) is 23.5 Å². The molecule has 2 unspecified atom stereocenters. The quantitative estimate of drug-likeness (QED) is 0.325. The van der Waals surface area contributed by atoms with Crippen LogP contribution in [0.5, 0.6) is 5.75 Å². The Bertz CT molecular complexity index is 1110. The van der Waals surface area contributed by atoms with Crippen molar-refractivity contribution in [3.8, 4) is 5.75 Å². The summed E-state index contributed by atoms with van der Waals surface area (Å²) in [5.41, 5.74) is 3.59. The maximum atomic E-state index is 13.2. The Kier molecular flexibility index (Phi) is 8.21. The summed E-state index contributed by atoms with van der Waals surface area (Å²) >= 11 is 0. The first-order valence-corrected chi connectivity index (χ1v) is 12.2. The van der Waals surface area contributed by atoms with E-state index in [-0.39, 0.29) is 18.0 Å². The minimum Gasteiger partial charge on any atom is -0.485 e. The lowest BCUT2D eigenvalue weighted by Crippen LogP contribution is -2.51. The Labute approximate surface area is 207 Å². The number of allylic oxidation sites excluding steroid dienone is 1. The zero-order chi connectivity index (χ0) is 24.7. The predicted molar refractivity (Wildman–Crippen MR) is 138 cm³/mol. The van der Waals surface area contributed by atoms with Crippen molar-refractivity contribution >= 4 is 5.69 Å². The lowest BCUT2D eigenvalue weighted by atomic mass is 9.87. The van der Waals surface area contributed by atoms with Crippen LogP contribution in [0.1, 0.15) is 43.6 Å². The molecule has 3 aromatic rings. The third-order valence-corrected chi connectivity index (χ3v) is 6.20. The van der Waals surface area contributed by atoms with Crippen molar-refractivity contribution in [2.24, 2.45) is 0 Å². The second kappa shape index (κ2) is 11.5. The highest BCUT2D eigenvalue weighted by Gasteiger charge is 2.45. The number of hydrogen-bond donors (Lipinski definition) is 1. The maximum absolute atomic E-state index is 13.2. The molecule has 0 fully saturated rings. The first-order valence-electron chi connectivity index (χ1n) is 12.2. The molecule has 4 nitrogen and oxygen atoms in total. The highest BCUT2D eigenvalue weighted by Crippen LogP contribution is 2.44. The van der Waals surface area contributed by atoms with Gasteiger partial charge in [0.2, 0.25) is 0 Å². The summed E-state index contributed by atoms with van der Waals surface area (Å²) in [5, 5.41) is 3.44.